The van der Waals surface area contributed by atoms with Gasteiger partial charge >= 0.3 is 0 Å². The molecule has 0 spiro atoms. The van der Waals surface area contributed by atoms with Crippen LogP contribution in [0.1, 0.15) is 0 Å². The molecule has 0 N–H and O–H groups in total. The first kappa shape index (κ1) is 6.38. The van der Waals surface area contributed by atoms with E-state index in [-0.39, 0.29) is 0 Å². The Balaban J connectivity index is 2.50. The largest absolute Gasteiger partial charge is 0.270 e. The van der Waals surface area contributed by atoms with Crippen LogP contribution in [0.3, 0.4) is 0 Å². The van der Waals surface area contributed by atoms with Crippen LogP contribution in [0.2, 0.25) is 0 Å². The molecule has 0 aliphatic carbocycles. The third-order valence-electron chi connectivity index (χ3n) is 0.600. The molecule has 0 atom stereocenters. The molecule has 0 aromatic carbocycles. The molecule has 0 saturated carbocycles. The van der Waals surface area contributed by atoms with Gasteiger partial charge in [0.15, 0.2) is 0 Å². The summed E-state index contributed by atoms with van der Waals surface area (Å²) in [5, 5.41) is 0. The van der Waals surface area contributed by atoms with E-state index in [1.165, 1.54) is 20.8 Å². The highest BCUT2D eigenvalue weighted by atomic mass is 33.5. The molecule has 44 valence electrons. The molecule has 1 rings (SSSR count). The van der Waals surface area contributed by atoms with Crippen molar-refractivity contribution in [3.63, 3.8) is 0 Å². The number of hydrogen-bond donors (Lipinski definition) is 1. The molecule has 0 aliphatic heterocycles. The van der Waals surface area contributed by atoms with Crippen LogP contribution in [0.5, 0.6) is 0 Å². The standard InChI is InChI=1S/C3H4N2S3/c6-8-7-5-2-1-4-3-5/h1-3,6H. The van der Waals surface area contributed by atoms with E-state index in [0.29, 0.717) is 0 Å². The Bertz CT molecular complexity index is 138. The molecule has 2 nitrogen and oxygen atoms in total. The third kappa shape index (κ3) is 1.65. The molecule has 0 saturated heterocycles. The number of imidazole rings is 1. The van der Waals surface area contributed by atoms with Crippen LogP contribution in [0.15, 0.2) is 18.7 Å². The van der Waals surface area contributed by atoms with Crippen molar-refractivity contribution in [1.29, 1.82) is 0 Å². The Morgan fingerprint density at radius 3 is 3.00 bits per heavy atom. The van der Waals surface area contributed by atoms with Gasteiger partial charge in [-0.2, -0.15) is 0 Å². The zero-order valence-corrected chi connectivity index (χ0v) is 6.42. The minimum atomic E-state index is 1.39. The summed E-state index contributed by atoms with van der Waals surface area (Å²) in [4.78, 5) is 3.84. The fourth-order valence-corrected chi connectivity index (χ4v) is 1.79. The van der Waals surface area contributed by atoms with Crippen LogP contribution in [0.25, 0.3) is 0 Å². The van der Waals surface area contributed by atoms with E-state index >= 15 is 0 Å². The van der Waals surface area contributed by atoms with Gasteiger partial charge in [0.25, 0.3) is 0 Å². The SMILES string of the molecule is SSSn1ccnc1. The normalized spacial score (nSPS) is 9.62. The van der Waals surface area contributed by atoms with Gasteiger partial charge in [-0.15, -0.1) is 0 Å². The lowest BCUT2D eigenvalue weighted by Gasteiger charge is -1.89. The van der Waals surface area contributed by atoms with Crippen LogP contribution in [0.4, 0.5) is 0 Å². The predicted octanol–water partition coefficient (Wildman–Crippen LogP) is 1.87. The summed E-state index contributed by atoms with van der Waals surface area (Å²) in [6, 6.07) is 0. The van der Waals surface area contributed by atoms with E-state index in [2.05, 4.69) is 16.6 Å². The van der Waals surface area contributed by atoms with E-state index < -0.39 is 0 Å². The Kier molecular flexibility index (Phi) is 2.65. The van der Waals surface area contributed by atoms with Crippen LogP contribution >= 0.6 is 32.5 Å². The lowest BCUT2D eigenvalue weighted by atomic mass is 11.0. The molecule has 1 aromatic rings. The first-order chi connectivity index (χ1) is 3.93. The molecular weight excluding hydrogens is 160 g/mol. The molecule has 0 aliphatic rings. The lowest BCUT2D eigenvalue weighted by molar-refractivity contribution is 1.24. The summed E-state index contributed by atoms with van der Waals surface area (Å²) in [7, 11) is 2.91. The van der Waals surface area contributed by atoms with Crippen molar-refractivity contribution in [2.24, 2.45) is 0 Å². The first-order valence-corrected chi connectivity index (χ1v) is 5.06. The molecule has 0 fully saturated rings. The van der Waals surface area contributed by atoms with Crippen molar-refractivity contribution in [3.8, 4) is 0 Å². The molecule has 0 bridgehead atoms. The predicted molar refractivity (Wildman–Crippen MR) is 41.8 cm³/mol. The van der Waals surface area contributed by atoms with Crippen molar-refractivity contribution >= 4 is 32.5 Å². The molecule has 0 radical (unpaired) electrons. The van der Waals surface area contributed by atoms with Gasteiger partial charge in [0.2, 0.25) is 0 Å². The fraction of sp³-hybridized carbons (Fsp3) is 0. The van der Waals surface area contributed by atoms with Gasteiger partial charge in [-0.1, -0.05) is 11.7 Å². The molecule has 0 unspecified atom stereocenters. The van der Waals surface area contributed by atoms with Gasteiger partial charge in [-0.05, 0) is 9.83 Å². The average Bonchev–Trinajstić information content (AvgIpc) is 2.19. The number of nitrogens with zero attached hydrogens (tertiary/aromatic N) is 2. The van der Waals surface area contributed by atoms with Crippen molar-refractivity contribution < 1.29 is 0 Å². The van der Waals surface area contributed by atoms with Gasteiger partial charge in [-0.25, -0.2) is 4.98 Å². The summed E-state index contributed by atoms with van der Waals surface area (Å²) in [6.07, 6.45) is 5.33. The Labute approximate surface area is 60.4 Å². The topological polar surface area (TPSA) is 17.8 Å². The second-order valence-corrected chi connectivity index (χ2v) is 4.03. The van der Waals surface area contributed by atoms with Crippen molar-refractivity contribution in [3.05, 3.63) is 18.7 Å². The molecule has 1 aromatic heterocycles. The molecule has 1 heterocycles. The average molecular weight is 164 g/mol. The van der Waals surface area contributed by atoms with Gasteiger partial charge < -0.3 is 0 Å². The van der Waals surface area contributed by atoms with Crippen LogP contribution in [-0.2, 0) is 0 Å². The zero-order chi connectivity index (χ0) is 5.82. The number of rotatable bonds is 2. The van der Waals surface area contributed by atoms with Crippen molar-refractivity contribution in [2.45, 2.75) is 0 Å². The number of thiol groups is 1. The number of aromatic nitrogens is 2. The van der Waals surface area contributed by atoms with Gasteiger partial charge in [0.05, 0.1) is 0 Å². The lowest BCUT2D eigenvalue weighted by Crippen LogP contribution is -1.71. The molecule has 8 heavy (non-hydrogen) atoms. The number of hydrogen-bond acceptors (Lipinski definition) is 4. The summed E-state index contributed by atoms with van der Waals surface area (Å²) in [5.41, 5.74) is 0. The highest BCUT2D eigenvalue weighted by Crippen LogP contribution is 2.25. The van der Waals surface area contributed by atoms with Crippen molar-refractivity contribution in [2.75, 3.05) is 0 Å². The maximum Gasteiger partial charge on any atom is 0.105 e. The maximum atomic E-state index is 3.94. The highest BCUT2D eigenvalue weighted by Gasteiger charge is 1.84. The van der Waals surface area contributed by atoms with E-state index in [1.54, 1.807) is 12.5 Å². The minimum Gasteiger partial charge on any atom is -0.270 e. The van der Waals surface area contributed by atoms with Gasteiger partial charge in [0, 0.05) is 23.4 Å². The van der Waals surface area contributed by atoms with E-state index in [1.807, 2.05) is 10.2 Å². The van der Waals surface area contributed by atoms with E-state index in [0.717, 1.165) is 0 Å². The first-order valence-electron chi connectivity index (χ1n) is 1.90. The Morgan fingerprint density at radius 2 is 2.50 bits per heavy atom. The summed E-state index contributed by atoms with van der Waals surface area (Å²) in [6.45, 7) is 0. The zero-order valence-electron chi connectivity index (χ0n) is 3.89. The second-order valence-electron chi connectivity index (χ2n) is 1.07. The monoisotopic (exact) mass is 164 g/mol. The quantitative estimate of drug-likeness (QED) is 0.531. The Hall–Kier alpha value is 0.260. The maximum absolute atomic E-state index is 3.94. The van der Waals surface area contributed by atoms with Gasteiger partial charge in [-0.3, -0.25) is 3.97 Å². The Morgan fingerprint density at radius 1 is 1.62 bits per heavy atom. The fourth-order valence-electron chi connectivity index (χ4n) is 0.329. The molecular formula is C3H4N2S3. The van der Waals surface area contributed by atoms with Crippen LogP contribution in [0, 0.1) is 0 Å². The smallest absolute Gasteiger partial charge is 0.105 e. The summed E-state index contributed by atoms with van der Waals surface area (Å²) in [5.74, 6) is 0. The highest BCUT2D eigenvalue weighted by molar-refractivity contribution is 9.05. The molecule has 0 amide bonds. The van der Waals surface area contributed by atoms with Gasteiger partial charge in [0.1, 0.15) is 6.33 Å². The summed E-state index contributed by atoms with van der Waals surface area (Å²) >= 11 is 3.94. The second kappa shape index (κ2) is 3.32. The van der Waals surface area contributed by atoms with E-state index in [9.17, 15) is 0 Å². The van der Waals surface area contributed by atoms with Crippen molar-refractivity contribution in [1.82, 2.24) is 8.96 Å². The van der Waals surface area contributed by atoms with E-state index in [4.69, 9.17) is 0 Å². The molecule has 5 heteroatoms. The van der Waals surface area contributed by atoms with Crippen LogP contribution in [-0.4, -0.2) is 8.96 Å². The summed E-state index contributed by atoms with van der Waals surface area (Å²) < 4.78 is 1.87. The minimum absolute atomic E-state index is 1.39. The third-order valence-corrected chi connectivity index (χ3v) is 2.37. The van der Waals surface area contributed by atoms with Crippen LogP contribution < -0.4 is 0 Å².